The lowest BCUT2D eigenvalue weighted by Crippen LogP contribution is -2.53. The van der Waals surface area contributed by atoms with Crippen molar-refractivity contribution >= 4 is 0 Å². The summed E-state index contributed by atoms with van der Waals surface area (Å²) in [4.78, 5) is 4.66. The van der Waals surface area contributed by atoms with E-state index in [2.05, 4.69) is 16.7 Å². The van der Waals surface area contributed by atoms with Crippen molar-refractivity contribution in [2.45, 2.75) is 32.5 Å². The molecule has 0 spiro atoms. The predicted molar refractivity (Wildman–Crippen MR) is 74.4 cm³/mol. The Morgan fingerprint density at radius 2 is 2.21 bits per heavy atom. The first kappa shape index (κ1) is 14.4. The highest BCUT2D eigenvalue weighted by atomic mass is 19.1. The number of aliphatic hydroxyl groups is 1. The number of nitrogens with zero attached hydrogens (tertiary/aromatic N) is 2. The number of halogens is 1. The number of β-amino-alcohol motifs (C(OH)–C–C–N with tert-alkyl or cyclic N) is 1. The number of benzene rings is 1. The van der Waals surface area contributed by atoms with Crippen molar-refractivity contribution in [1.82, 2.24) is 9.80 Å². The van der Waals surface area contributed by atoms with Crippen molar-refractivity contribution in [3.63, 3.8) is 0 Å². The zero-order valence-corrected chi connectivity index (χ0v) is 11.7. The molecule has 1 aliphatic heterocycles. The molecule has 4 heteroatoms. The van der Waals surface area contributed by atoms with E-state index >= 15 is 0 Å². The average Bonchev–Trinajstić information content (AvgIpc) is 2.32. The van der Waals surface area contributed by atoms with Crippen LogP contribution in [0.15, 0.2) is 24.3 Å². The Kier molecular flexibility index (Phi) is 4.91. The summed E-state index contributed by atoms with van der Waals surface area (Å²) in [5.41, 5.74) is 1.02. The summed E-state index contributed by atoms with van der Waals surface area (Å²) in [6.45, 7) is 8.42. The van der Waals surface area contributed by atoms with Gasteiger partial charge in [-0.05, 0) is 31.5 Å². The smallest absolute Gasteiger partial charge is 0.123 e. The Hall–Kier alpha value is -0.970. The van der Waals surface area contributed by atoms with E-state index < -0.39 is 0 Å². The van der Waals surface area contributed by atoms with Crippen molar-refractivity contribution in [3.05, 3.63) is 35.6 Å². The van der Waals surface area contributed by atoms with Gasteiger partial charge in [0.1, 0.15) is 5.82 Å². The summed E-state index contributed by atoms with van der Waals surface area (Å²) >= 11 is 0. The van der Waals surface area contributed by atoms with Gasteiger partial charge in [0.2, 0.25) is 0 Å². The van der Waals surface area contributed by atoms with Gasteiger partial charge in [-0.3, -0.25) is 9.80 Å². The topological polar surface area (TPSA) is 26.7 Å². The minimum absolute atomic E-state index is 0.168. The Bertz CT molecular complexity index is 411. The van der Waals surface area contributed by atoms with E-state index in [1.165, 1.54) is 6.07 Å². The van der Waals surface area contributed by atoms with Gasteiger partial charge in [0.05, 0.1) is 6.10 Å². The van der Waals surface area contributed by atoms with Crippen LogP contribution in [0.1, 0.15) is 19.4 Å². The molecule has 0 bridgehead atoms. The maximum atomic E-state index is 13.1. The maximum Gasteiger partial charge on any atom is 0.123 e. The molecule has 3 nitrogen and oxygen atoms in total. The van der Waals surface area contributed by atoms with E-state index in [4.69, 9.17) is 0 Å². The van der Waals surface area contributed by atoms with Gasteiger partial charge in [0, 0.05) is 38.8 Å². The summed E-state index contributed by atoms with van der Waals surface area (Å²) < 4.78 is 13.1. The quantitative estimate of drug-likeness (QED) is 0.899. The Labute approximate surface area is 114 Å². The van der Waals surface area contributed by atoms with E-state index in [1.54, 1.807) is 12.1 Å². The van der Waals surface area contributed by atoms with Crippen LogP contribution in [0.25, 0.3) is 0 Å². The monoisotopic (exact) mass is 266 g/mol. The summed E-state index contributed by atoms with van der Waals surface area (Å²) in [7, 11) is 0. The molecule has 2 atom stereocenters. The molecular formula is C15H23FN2O. The standard InChI is InChI=1S/C15H23FN2O/c1-12-9-17(6-7-18(12)10-13(2)19)11-14-4-3-5-15(16)8-14/h3-5,8,12-13,19H,6-7,9-11H2,1-2H3/t12-,13+/m0/s1. The zero-order chi connectivity index (χ0) is 13.8. The third kappa shape index (κ3) is 4.27. The van der Waals surface area contributed by atoms with Crippen LogP contribution in [0.5, 0.6) is 0 Å². The van der Waals surface area contributed by atoms with E-state index in [0.29, 0.717) is 6.04 Å². The average molecular weight is 266 g/mol. The first-order chi connectivity index (χ1) is 9.04. The summed E-state index contributed by atoms with van der Waals surface area (Å²) in [6, 6.07) is 7.24. The minimum Gasteiger partial charge on any atom is -0.392 e. The fourth-order valence-corrected chi connectivity index (χ4v) is 2.72. The highest BCUT2D eigenvalue weighted by molar-refractivity contribution is 5.16. The third-order valence-corrected chi connectivity index (χ3v) is 3.64. The lowest BCUT2D eigenvalue weighted by molar-refractivity contribution is 0.0422. The normalized spacial score (nSPS) is 23.5. The van der Waals surface area contributed by atoms with E-state index in [0.717, 1.165) is 38.3 Å². The molecule has 2 rings (SSSR count). The van der Waals surface area contributed by atoms with Crippen molar-refractivity contribution in [3.8, 4) is 0 Å². The van der Waals surface area contributed by atoms with Gasteiger partial charge in [0.15, 0.2) is 0 Å². The second-order valence-corrected chi connectivity index (χ2v) is 5.56. The lowest BCUT2D eigenvalue weighted by atomic mass is 10.1. The molecule has 0 saturated carbocycles. The molecule has 19 heavy (non-hydrogen) atoms. The third-order valence-electron chi connectivity index (χ3n) is 3.64. The SMILES string of the molecule is C[C@@H](O)CN1CCN(Cc2cccc(F)c2)C[C@@H]1C. The van der Waals surface area contributed by atoms with Gasteiger partial charge < -0.3 is 5.11 Å². The van der Waals surface area contributed by atoms with Crippen molar-refractivity contribution in [1.29, 1.82) is 0 Å². The van der Waals surface area contributed by atoms with Crippen LogP contribution >= 0.6 is 0 Å². The molecule has 1 N–H and O–H groups in total. The Balaban J connectivity index is 1.88. The van der Waals surface area contributed by atoms with Crippen molar-refractivity contribution in [2.24, 2.45) is 0 Å². The van der Waals surface area contributed by atoms with E-state index in [-0.39, 0.29) is 11.9 Å². The molecular weight excluding hydrogens is 243 g/mol. The van der Waals surface area contributed by atoms with Crippen LogP contribution in [0.3, 0.4) is 0 Å². The highest BCUT2D eigenvalue weighted by Gasteiger charge is 2.24. The van der Waals surface area contributed by atoms with Crippen LogP contribution < -0.4 is 0 Å². The van der Waals surface area contributed by atoms with Gasteiger partial charge in [-0.1, -0.05) is 12.1 Å². The molecule has 0 amide bonds. The van der Waals surface area contributed by atoms with Crippen molar-refractivity contribution in [2.75, 3.05) is 26.2 Å². The first-order valence-electron chi connectivity index (χ1n) is 6.93. The fraction of sp³-hybridized carbons (Fsp3) is 0.600. The summed E-state index contributed by atoms with van der Waals surface area (Å²) in [6.07, 6.45) is -0.280. The molecule has 1 aromatic rings. The van der Waals surface area contributed by atoms with E-state index in [1.807, 2.05) is 13.0 Å². The molecule has 0 aromatic heterocycles. The van der Waals surface area contributed by atoms with Crippen molar-refractivity contribution < 1.29 is 9.50 Å². The van der Waals surface area contributed by atoms with Gasteiger partial charge in [0.25, 0.3) is 0 Å². The minimum atomic E-state index is -0.280. The van der Waals surface area contributed by atoms with Crippen LogP contribution in [-0.4, -0.2) is 53.2 Å². The van der Waals surface area contributed by atoms with Gasteiger partial charge in [-0.2, -0.15) is 0 Å². The number of rotatable bonds is 4. The van der Waals surface area contributed by atoms with Crippen LogP contribution in [-0.2, 0) is 6.54 Å². The highest BCUT2D eigenvalue weighted by Crippen LogP contribution is 2.14. The zero-order valence-electron chi connectivity index (χ0n) is 11.7. The largest absolute Gasteiger partial charge is 0.392 e. The van der Waals surface area contributed by atoms with Gasteiger partial charge in [-0.15, -0.1) is 0 Å². The number of hydrogen-bond acceptors (Lipinski definition) is 3. The molecule has 0 unspecified atom stereocenters. The predicted octanol–water partition coefficient (Wildman–Crippen LogP) is 1.71. The summed E-state index contributed by atoms with van der Waals surface area (Å²) in [5, 5.41) is 9.46. The molecule has 0 aliphatic carbocycles. The number of piperazine rings is 1. The van der Waals surface area contributed by atoms with E-state index in [9.17, 15) is 9.50 Å². The number of hydrogen-bond donors (Lipinski definition) is 1. The summed E-state index contributed by atoms with van der Waals surface area (Å²) in [5.74, 6) is -0.168. The Morgan fingerprint density at radius 3 is 2.84 bits per heavy atom. The molecule has 1 saturated heterocycles. The lowest BCUT2D eigenvalue weighted by Gasteiger charge is -2.40. The van der Waals surface area contributed by atoms with Crippen LogP contribution in [0.2, 0.25) is 0 Å². The molecule has 1 aliphatic rings. The second kappa shape index (κ2) is 6.46. The maximum absolute atomic E-state index is 13.1. The van der Waals surface area contributed by atoms with Gasteiger partial charge in [-0.25, -0.2) is 4.39 Å². The molecule has 106 valence electrons. The molecule has 0 radical (unpaired) electrons. The van der Waals surface area contributed by atoms with Crippen LogP contribution in [0, 0.1) is 5.82 Å². The number of aliphatic hydroxyl groups excluding tert-OH is 1. The molecule has 1 heterocycles. The fourth-order valence-electron chi connectivity index (χ4n) is 2.72. The van der Waals surface area contributed by atoms with Crippen LogP contribution in [0.4, 0.5) is 4.39 Å². The molecule has 1 fully saturated rings. The second-order valence-electron chi connectivity index (χ2n) is 5.56. The Morgan fingerprint density at radius 1 is 1.42 bits per heavy atom. The molecule has 1 aromatic carbocycles. The first-order valence-corrected chi connectivity index (χ1v) is 6.93. The van der Waals surface area contributed by atoms with Gasteiger partial charge >= 0.3 is 0 Å².